The van der Waals surface area contributed by atoms with Gasteiger partial charge in [-0.25, -0.2) is 20.0 Å². The molecule has 1 unspecified atom stereocenters. The Kier molecular flexibility index (Phi) is 8.49. The Morgan fingerprint density at radius 3 is 2.61 bits per heavy atom. The summed E-state index contributed by atoms with van der Waals surface area (Å²) in [5.74, 6) is -0.263. The molecule has 0 amide bonds. The minimum Gasteiger partial charge on any atom is -0.462 e. The summed E-state index contributed by atoms with van der Waals surface area (Å²) in [6.45, 7) is 10.6. The van der Waals surface area contributed by atoms with Crippen LogP contribution in [0.1, 0.15) is 41.5 Å². The predicted molar refractivity (Wildman–Crippen MR) is 116 cm³/mol. The summed E-state index contributed by atoms with van der Waals surface area (Å²) >= 11 is 0. The Morgan fingerprint density at radius 1 is 1.26 bits per heavy atom. The zero-order valence-corrected chi connectivity index (χ0v) is 19.5. The van der Waals surface area contributed by atoms with E-state index in [4.69, 9.17) is 19.8 Å². The van der Waals surface area contributed by atoms with Crippen molar-refractivity contribution in [2.75, 3.05) is 12.1 Å². The third-order valence-electron chi connectivity index (χ3n) is 3.86. The Morgan fingerprint density at radius 2 is 1.97 bits per heavy atom. The number of esters is 1. The van der Waals surface area contributed by atoms with Crippen molar-refractivity contribution in [3.8, 4) is 0 Å². The lowest BCUT2D eigenvalue weighted by Crippen LogP contribution is -2.36. The van der Waals surface area contributed by atoms with E-state index >= 15 is 0 Å². The van der Waals surface area contributed by atoms with Crippen molar-refractivity contribution in [2.24, 2.45) is 5.16 Å². The maximum Gasteiger partial charge on any atom is 0.364 e. The van der Waals surface area contributed by atoms with Crippen LogP contribution in [-0.4, -0.2) is 55.8 Å². The van der Waals surface area contributed by atoms with Crippen LogP contribution in [0.3, 0.4) is 0 Å². The van der Waals surface area contributed by atoms with Gasteiger partial charge in [0.1, 0.15) is 24.2 Å². The van der Waals surface area contributed by atoms with Gasteiger partial charge in [0.15, 0.2) is 11.5 Å². The van der Waals surface area contributed by atoms with E-state index in [1.165, 1.54) is 13.3 Å². The van der Waals surface area contributed by atoms with Crippen LogP contribution < -0.4 is 10.8 Å². The standard InChI is InChI=1S/C18H30N7O5P/c1-11(2)23-30-31(27,24-14(6)18(26)29-12(3)4)10-28-13(5)7-25-9-22-15-16(19)20-8-21-17(15)25/h8-9,12-14H,7,10H2,1-6H3,(H,24,27)(H2,19,20,21)/t13-,14+,31?/m1/s1. The van der Waals surface area contributed by atoms with Crippen molar-refractivity contribution in [1.82, 2.24) is 24.6 Å². The molecule has 13 heteroatoms. The predicted octanol–water partition coefficient (Wildman–Crippen LogP) is 2.31. The second-order valence-electron chi connectivity index (χ2n) is 7.56. The third kappa shape index (κ3) is 7.27. The molecule has 2 heterocycles. The lowest BCUT2D eigenvalue weighted by Gasteiger charge is -2.23. The van der Waals surface area contributed by atoms with E-state index < -0.39 is 25.6 Å². The first-order valence-corrected chi connectivity index (χ1v) is 11.6. The van der Waals surface area contributed by atoms with Crippen LogP contribution in [-0.2, 0) is 30.0 Å². The normalized spacial score (nSPS) is 15.3. The summed E-state index contributed by atoms with van der Waals surface area (Å²) in [4.78, 5) is 24.4. The molecule has 31 heavy (non-hydrogen) atoms. The number of nitrogens with two attached hydrogens (primary N) is 1. The van der Waals surface area contributed by atoms with Crippen LogP contribution in [0.15, 0.2) is 17.8 Å². The maximum atomic E-state index is 13.3. The van der Waals surface area contributed by atoms with Gasteiger partial charge >= 0.3 is 13.5 Å². The van der Waals surface area contributed by atoms with E-state index in [1.807, 2.05) is 0 Å². The summed E-state index contributed by atoms with van der Waals surface area (Å²) in [6.07, 6.45) is 1.94. The van der Waals surface area contributed by atoms with Crippen LogP contribution in [0.4, 0.5) is 5.82 Å². The largest absolute Gasteiger partial charge is 0.462 e. The molecule has 3 N–H and O–H groups in total. The van der Waals surface area contributed by atoms with E-state index in [9.17, 15) is 9.36 Å². The number of anilines is 1. The number of rotatable bonds is 11. The van der Waals surface area contributed by atoms with Gasteiger partial charge in [0.25, 0.3) is 0 Å². The monoisotopic (exact) mass is 455 g/mol. The smallest absolute Gasteiger partial charge is 0.364 e. The van der Waals surface area contributed by atoms with E-state index in [1.54, 1.807) is 45.5 Å². The minimum absolute atomic E-state index is 0.287. The average molecular weight is 455 g/mol. The molecule has 2 rings (SSSR count). The first-order chi connectivity index (χ1) is 14.5. The number of nitrogens with one attached hydrogen (secondary N) is 1. The number of nitrogens with zero attached hydrogens (tertiary/aromatic N) is 5. The first kappa shape index (κ1) is 24.7. The van der Waals surface area contributed by atoms with Crippen LogP contribution in [0.5, 0.6) is 0 Å². The van der Waals surface area contributed by atoms with Crippen molar-refractivity contribution < 1.29 is 23.5 Å². The van der Waals surface area contributed by atoms with Gasteiger partial charge in [-0.15, -0.1) is 0 Å². The fourth-order valence-corrected chi connectivity index (χ4v) is 4.11. The van der Waals surface area contributed by atoms with Crippen LogP contribution in [0.2, 0.25) is 0 Å². The highest BCUT2D eigenvalue weighted by Gasteiger charge is 2.32. The van der Waals surface area contributed by atoms with Gasteiger partial charge in [-0.3, -0.25) is 9.36 Å². The number of ether oxygens (including phenoxy) is 2. The molecule has 2 aromatic heterocycles. The van der Waals surface area contributed by atoms with Gasteiger partial charge < -0.3 is 24.4 Å². The summed E-state index contributed by atoms with van der Waals surface area (Å²) in [7, 11) is -3.66. The number of fused-ring (bicyclic) bond motifs is 1. The fourth-order valence-electron chi connectivity index (χ4n) is 2.50. The van der Waals surface area contributed by atoms with Crippen LogP contribution in [0, 0.1) is 0 Å². The highest BCUT2D eigenvalue weighted by atomic mass is 31.2. The van der Waals surface area contributed by atoms with Crippen LogP contribution in [0.25, 0.3) is 11.2 Å². The number of carbonyl (C=O) groups excluding carboxylic acids is 1. The van der Waals surface area contributed by atoms with E-state index in [-0.39, 0.29) is 18.3 Å². The highest BCUT2D eigenvalue weighted by molar-refractivity contribution is 7.56. The molecule has 0 bridgehead atoms. The number of aromatic nitrogens is 4. The number of oxime groups is 1. The summed E-state index contributed by atoms with van der Waals surface area (Å²) in [6, 6.07) is -0.878. The first-order valence-electron chi connectivity index (χ1n) is 9.81. The number of imidazole rings is 1. The van der Waals surface area contributed by atoms with E-state index in [2.05, 4.69) is 25.2 Å². The lowest BCUT2D eigenvalue weighted by molar-refractivity contribution is -0.149. The molecule has 0 spiro atoms. The van der Waals surface area contributed by atoms with Gasteiger partial charge in [0, 0.05) is 0 Å². The van der Waals surface area contributed by atoms with Gasteiger partial charge in [-0.1, -0.05) is 5.16 Å². The lowest BCUT2D eigenvalue weighted by atomic mass is 10.4. The summed E-state index contributed by atoms with van der Waals surface area (Å²) in [5, 5.41) is 6.46. The number of carbonyl (C=O) groups is 1. The van der Waals surface area contributed by atoms with Gasteiger partial charge in [-0.2, -0.15) is 0 Å². The molecule has 0 aliphatic rings. The Balaban J connectivity index is 2.06. The van der Waals surface area contributed by atoms with E-state index in [0.29, 0.717) is 23.4 Å². The number of hydrogen-bond donors (Lipinski definition) is 2. The molecule has 2 aromatic rings. The van der Waals surface area contributed by atoms with Crippen molar-refractivity contribution in [3.05, 3.63) is 12.7 Å². The fraction of sp³-hybridized carbons (Fsp3) is 0.611. The number of hydrogen-bond acceptors (Lipinski definition) is 10. The minimum atomic E-state index is -3.66. The zero-order valence-electron chi connectivity index (χ0n) is 18.6. The van der Waals surface area contributed by atoms with Crippen LogP contribution >= 0.6 is 7.52 Å². The molecule has 0 aliphatic carbocycles. The molecule has 3 atom stereocenters. The molecule has 0 aromatic carbocycles. The molecule has 172 valence electrons. The van der Waals surface area contributed by atoms with Crippen molar-refractivity contribution >= 4 is 36.2 Å². The number of nitrogen functional groups attached to an aromatic ring is 1. The Labute approximate surface area is 181 Å². The van der Waals surface area contributed by atoms with Gasteiger partial charge in [0.2, 0.25) is 0 Å². The third-order valence-corrected chi connectivity index (χ3v) is 5.48. The molecular weight excluding hydrogens is 425 g/mol. The summed E-state index contributed by atoms with van der Waals surface area (Å²) < 4.78 is 31.1. The van der Waals surface area contributed by atoms with Crippen molar-refractivity contribution in [1.29, 1.82) is 0 Å². The Hall–Kier alpha value is -2.56. The van der Waals surface area contributed by atoms with Crippen molar-refractivity contribution in [3.63, 3.8) is 0 Å². The maximum absolute atomic E-state index is 13.3. The molecule has 0 fully saturated rings. The second kappa shape index (κ2) is 10.7. The molecule has 0 aliphatic heterocycles. The highest BCUT2D eigenvalue weighted by Crippen LogP contribution is 2.43. The zero-order chi connectivity index (χ0) is 23.2. The SMILES string of the molecule is CC(C)=NOP(=O)(CO[C@H](C)Cn1cnc2c(N)ncnc21)N[C@@H](C)C(=O)OC(C)C. The van der Waals surface area contributed by atoms with Gasteiger partial charge in [-0.05, 0) is 41.5 Å². The Bertz CT molecular complexity index is 973. The molecule has 0 radical (unpaired) electrons. The quantitative estimate of drug-likeness (QED) is 0.223. The molecular formula is C18H30N7O5P. The summed E-state index contributed by atoms with van der Waals surface area (Å²) in [5.41, 5.74) is 7.43. The average Bonchev–Trinajstić information content (AvgIpc) is 3.08. The van der Waals surface area contributed by atoms with Crippen molar-refractivity contribution in [2.45, 2.75) is 66.3 Å². The molecule has 12 nitrogen and oxygen atoms in total. The van der Waals surface area contributed by atoms with Gasteiger partial charge in [0.05, 0.1) is 30.8 Å². The van der Waals surface area contributed by atoms with E-state index in [0.717, 1.165) is 0 Å². The molecule has 0 saturated heterocycles. The topological polar surface area (TPSA) is 156 Å². The molecule has 0 saturated carbocycles. The second-order valence-corrected chi connectivity index (χ2v) is 9.59.